The fraction of sp³-hybridized carbons (Fsp3) is 0.467. The van der Waals surface area contributed by atoms with Crippen LogP contribution in [0, 0.1) is 0 Å². The van der Waals surface area contributed by atoms with Crippen molar-refractivity contribution in [1.29, 1.82) is 0 Å². The zero-order valence-electron chi connectivity index (χ0n) is 10.9. The maximum absolute atomic E-state index is 3.43. The van der Waals surface area contributed by atoms with E-state index >= 15 is 0 Å². The molecule has 96 valence electrons. The fourth-order valence-corrected chi connectivity index (χ4v) is 3.07. The second-order valence-corrected chi connectivity index (χ2v) is 5.00. The lowest BCUT2D eigenvalue weighted by Crippen LogP contribution is -2.45. The Morgan fingerprint density at radius 2 is 2.06 bits per heavy atom. The zero-order chi connectivity index (χ0) is 12.4. The van der Waals surface area contributed by atoms with Gasteiger partial charge in [0, 0.05) is 49.3 Å². The molecule has 1 fully saturated rings. The smallest absolute Gasteiger partial charge is 0.0457 e. The summed E-state index contributed by atoms with van der Waals surface area (Å²) in [6.45, 7) is 6.82. The van der Waals surface area contributed by atoms with Gasteiger partial charge in [-0.25, -0.2) is 0 Å². The van der Waals surface area contributed by atoms with E-state index in [1.54, 1.807) is 0 Å². The molecule has 18 heavy (non-hydrogen) atoms. The number of nitrogens with zero attached hydrogens (tertiary/aromatic N) is 1. The molecule has 3 nitrogen and oxygen atoms in total. The Balaban J connectivity index is 1.97. The van der Waals surface area contributed by atoms with Crippen molar-refractivity contribution in [2.45, 2.75) is 19.4 Å². The summed E-state index contributed by atoms with van der Waals surface area (Å²) in [4.78, 5) is 5.92. The minimum Gasteiger partial charge on any atom is -0.361 e. The topological polar surface area (TPSA) is 31.1 Å². The van der Waals surface area contributed by atoms with Crippen LogP contribution >= 0.6 is 0 Å². The van der Waals surface area contributed by atoms with Crippen LogP contribution in [0.1, 0.15) is 24.9 Å². The Morgan fingerprint density at radius 3 is 2.83 bits per heavy atom. The average molecular weight is 243 g/mol. The Hall–Kier alpha value is -1.32. The van der Waals surface area contributed by atoms with Crippen molar-refractivity contribution in [2.24, 2.45) is 0 Å². The Morgan fingerprint density at radius 1 is 1.22 bits per heavy atom. The van der Waals surface area contributed by atoms with Gasteiger partial charge in [0.25, 0.3) is 0 Å². The lowest BCUT2D eigenvalue weighted by Gasteiger charge is -2.35. The van der Waals surface area contributed by atoms with E-state index in [1.807, 2.05) is 6.20 Å². The number of aromatic amines is 1. The van der Waals surface area contributed by atoms with E-state index in [-0.39, 0.29) is 0 Å². The molecule has 2 heterocycles. The van der Waals surface area contributed by atoms with Crippen LogP contribution in [0.3, 0.4) is 0 Å². The molecule has 1 aliphatic heterocycles. The van der Waals surface area contributed by atoms with E-state index in [0.29, 0.717) is 6.04 Å². The Labute approximate surface area is 108 Å². The number of hydrogen-bond acceptors (Lipinski definition) is 2. The van der Waals surface area contributed by atoms with Crippen molar-refractivity contribution >= 4 is 10.9 Å². The van der Waals surface area contributed by atoms with Gasteiger partial charge in [0.05, 0.1) is 0 Å². The van der Waals surface area contributed by atoms with Crippen LogP contribution < -0.4 is 5.32 Å². The van der Waals surface area contributed by atoms with Gasteiger partial charge in [-0.1, -0.05) is 19.1 Å². The first kappa shape index (κ1) is 11.8. The second kappa shape index (κ2) is 5.12. The summed E-state index contributed by atoms with van der Waals surface area (Å²) < 4.78 is 0. The number of piperazine rings is 1. The third-order valence-corrected chi connectivity index (χ3v) is 3.97. The molecule has 0 spiro atoms. The highest BCUT2D eigenvalue weighted by molar-refractivity contribution is 5.83. The van der Waals surface area contributed by atoms with E-state index in [1.165, 1.54) is 22.9 Å². The number of rotatable bonds is 3. The number of benzene rings is 1. The van der Waals surface area contributed by atoms with Gasteiger partial charge in [0.2, 0.25) is 0 Å². The normalized spacial score (nSPS) is 19.2. The second-order valence-electron chi connectivity index (χ2n) is 5.00. The third-order valence-electron chi connectivity index (χ3n) is 3.97. The molecule has 0 unspecified atom stereocenters. The van der Waals surface area contributed by atoms with Gasteiger partial charge in [-0.3, -0.25) is 4.90 Å². The molecular weight excluding hydrogens is 222 g/mol. The molecule has 2 aromatic rings. The van der Waals surface area contributed by atoms with Crippen LogP contribution in [-0.4, -0.2) is 36.1 Å². The monoisotopic (exact) mass is 243 g/mol. The average Bonchev–Trinajstić information content (AvgIpc) is 2.90. The number of H-pyrrole nitrogens is 1. The van der Waals surface area contributed by atoms with Crippen LogP contribution in [-0.2, 0) is 0 Å². The quantitative estimate of drug-likeness (QED) is 0.868. The Kier molecular flexibility index (Phi) is 3.35. The lowest BCUT2D eigenvalue weighted by atomic mass is 9.98. The van der Waals surface area contributed by atoms with E-state index in [2.05, 4.69) is 46.4 Å². The fourth-order valence-electron chi connectivity index (χ4n) is 3.07. The van der Waals surface area contributed by atoms with Gasteiger partial charge in [-0.05, 0) is 24.1 Å². The summed E-state index contributed by atoms with van der Waals surface area (Å²) in [5, 5.41) is 4.81. The van der Waals surface area contributed by atoms with E-state index in [4.69, 9.17) is 0 Å². The summed E-state index contributed by atoms with van der Waals surface area (Å²) >= 11 is 0. The van der Waals surface area contributed by atoms with Crippen LogP contribution in [0.25, 0.3) is 10.9 Å². The van der Waals surface area contributed by atoms with Crippen LogP contribution in [0.5, 0.6) is 0 Å². The van der Waals surface area contributed by atoms with Gasteiger partial charge in [0.1, 0.15) is 0 Å². The minimum atomic E-state index is 0.548. The highest BCUT2D eigenvalue weighted by Crippen LogP contribution is 2.30. The minimum absolute atomic E-state index is 0.548. The van der Waals surface area contributed by atoms with Gasteiger partial charge in [-0.15, -0.1) is 0 Å². The molecule has 1 aromatic heterocycles. The van der Waals surface area contributed by atoms with Crippen molar-refractivity contribution in [3.05, 3.63) is 36.0 Å². The van der Waals surface area contributed by atoms with Crippen LogP contribution in [0.4, 0.5) is 0 Å². The van der Waals surface area contributed by atoms with Gasteiger partial charge in [-0.2, -0.15) is 0 Å². The van der Waals surface area contributed by atoms with Crippen molar-refractivity contribution in [1.82, 2.24) is 15.2 Å². The largest absolute Gasteiger partial charge is 0.361 e. The maximum atomic E-state index is 3.43. The summed E-state index contributed by atoms with van der Waals surface area (Å²) in [5.74, 6) is 0. The summed E-state index contributed by atoms with van der Waals surface area (Å²) in [5.41, 5.74) is 2.72. The van der Waals surface area contributed by atoms with E-state index < -0.39 is 0 Å². The molecule has 0 amide bonds. The summed E-state index contributed by atoms with van der Waals surface area (Å²) in [6, 6.07) is 9.36. The first-order chi connectivity index (χ1) is 8.90. The molecule has 3 rings (SSSR count). The molecule has 2 N–H and O–H groups in total. The van der Waals surface area contributed by atoms with E-state index in [9.17, 15) is 0 Å². The first-order valence-electron chi connectivity index (χ1n) is 6.91. The Bertz CT molecular complexity index is 511. The van der Waals surface area contributed by atoms with E-state index in [0.717, 1.165) is 26.2 Å². The molecule has 1 saturated heterocycles. The predicted molar refractivity (Wildman–Crippen MR) is 75.8 cm³/mol. The molecule has 1 aliphatic rings. The number of hydrogen-bond donors (Lipinski definition) is 2. The molecule has 1 atom stereocenters. The van der Waals surface area contributed by atoms with Crippen molar-refractivity contribution in [3.8, 4) is 0 Å². The van der Waals surface area contributed by atoms with Gasteiger partial charge < -0.3 is 10.3 Å². The number of nitrogens with one attached hydrogen (secondary N) is 2. The SMILES string of the molecule is CC[C@@H](c1cccc2[nH]ccc12)N1CCNCC1. The number of aromatic nitrogens is 1. The highest BCUT2D eigenvalue weighted by atomic mass is 15.2. The third kappa shape index (κ3) is 2.04. The van der Waals surface area contributed by atoms with Crippen molar-refractivity contribution in [3.63, 3.8) is 0 Å². The predicted octanol–water partition coefficient (Wildman–Crippen LogP) is 2.52. The first-order valence-corrected chi connectivity index (χ1v) is 6.91. The maximum Gasteiger partial charge on any atom is 0.0457 e. The van der Waals surface area contributed by atoms with Gasteiger partial charge in [0.15, 0.2) is 0 Å². The molecule has 1 aromatic carbocycles. The highest BCUT2D eigenvalue weighted by Gasteiger charge is 2.21. The summed E-state index contributed by atoms with van der Waals surface area (Å²) in [6.07, 6.45) is 3.21. The summed E-state index contributed by atoms with van der Waals surface area (Å²) in [7, 11) is 0. The van der Waals surface area contributed by atoms with Crippen molar-refractivity contribution < 1.29 is 0 Å². The standard InChI is InChI=1S/C15H21N3/c1-2-15(18-10-8-16-9-11-18)13-4-3-5-14-12(13)6-7-17-14/h3-7,15-17H,2,8-11H2,1H3/t15-/m0/s1. The molecule has 0 radical (unpaired) electrons. The lowest BCUT2D eigenvalue weighted by molar-refractivity contribution is 0.170. The van der Waals surface area contributed by atoms with Crippen LogP contribution in [0.2, 0.25) is 0 Å². The zero-order valence-corrected chi connectivity index (χ0v) is 10.9. The molecule has 0 saturated carbocycles. The van der Waals surface area contributed by atoms with Gasteiger partial charge >= 0.3 is 0 Å². The van der Waals surface area contributed by atoms with Crippen LogP contribution in [0.15, 0.2) is 30.5 Å². The molecule has 3 heteroatoms. The number of fused-ring (bicyclic) bond motifs is 1. The van der Waals surface area contributed by atoms with Crippen molar-refractivity contribution in [2.75, 3.05) is 26.2 Å². The molecular formula is C15H21N3. The molecule has 0 bridgehead atoms. The molecule has 0 aliphatic carbocycles.